The van der Waals surface area contributed by atoms with E-state index >= 15 is 0 Å². The third-order valence-corrected chi connectivity index (χ3v) is 0. The van der Waals surface area contributed by atoms with Gasteiger partial charge in [0.25, 0.3) is 0 Å². The molecule has 4 nitrogen and oxygen atoms in total. The van der Waals surface area contributed by atoms with Gasteiger partial charge in [0.05, 0.1) is 0 Å². The molecule has 0 spiro atoms. The fraction of sp³-hybridized carbons (Fsp3) is 0. The Hall–Kier alpha value is 2.51. The van der Waals surface area contributed by atoms with Gasteiger partial charge in [0.2, 0.25) is 0 Å². The average Bonchev–Trinajstić information content (AvgIpc) is 0.722. The van der Waals surface area contributed by atoms with Gasteiger partial charge in [0.1, 0.15) is 0 Å². The maximum atomic E-state index is 8.55. The van der Waals surface area contributed by atoms with Gasteiger partial charge in [0.15, 0.2) is 0 Å². The van der Waals surface area contributed by atoms with Crippen molar-refractivity contribution in [3.8, 4) is 0 Å². The van der Waals surface area contributed by atoms with Crippen LogP contribution in [0.4, 0.5) is 0 Å². The molecular formula is CuNaO4PZr. The van der Waals surface area contributed by atoms with Crippen LogP contribution < -0.4 is 44.2 Å². The van der Waals surface area contributed by atoms with Gasteiger partial charge in [-0.05, 0) is 0 Å². The first kappa shape index (κ1) is 22.4. The van der Waals surface area contributed by atoms with Crippen LogP contribution in [-0.2, 0) is 47.8 Å². The smallest absolute Gasteiger partial charge is 0.822 e. The zero-order chi connectivity index (χ0) is 4.50. The van der Waals surface area contributed by atoms with Crippen LogP contribution in [0.5, 0.6) is 0 Å². The molecule has 0 heterocycles. The number of rotatable bonds is 0. The van der Waals surface area contributed by atoms with Crippen molar-refractivity contribution < 1.29 is 92.1 Å². The zero-order valence-corrected chi connectivity index (χ0v) is 10.2. The Morgan fingerprint density at radius 1 is 1.12 bits per heavy atom. The Morgan fingerprint density at radius 2 is 1.12 bits per heavy atom. The minimum absolute atomic E-state index is 0. The van der Waals surface area contributed by atoms with E-state index in [1.165, 1.54) is 0 Å². The van der Waals surface area contributed by atoms with Crippen molar-refractivity contribution in [2.75, 3.05) is 0 Å². The van der Waals surface area contributed by atoms with Gasteiger partial charge < -0.3 is 19.2 Å². The van der Waals surface area contributed by atoms with Gasteiger partial charge in [-0.1, -0.05) is 0 Å². The van der Waals surface area contributed by atoms with Crippen molar-refractivity contribution in [2.24, 2.45) is 0 Å². The molecule has 0 amide bonds. The number of phosphoric acid groups is 1. The summed E-state index contributed by atoms with van der Waals surface area (Å²) in [4.78, 5) is 25.6. The molecule has 0 saturated carbocycles. The quantitative estimate of drug-likeness (QED) is 0.325. The van der Waals surface area contributed by atoms with Crippen LogP contribution in [-0.4, -0.2) is 0 Å². The van der Waals surface area contributed by atoms with E-state index in [1.54, 1.807) is 0 Å². The van der Waals surface area contributed by atoms with Crippen LogP contribution in [0, 0.1) is 0 Å². The second-order valence-electron chi connectivity index (χ2n) is 0.447. The van der Waals surface area contributed by atoms with Crippen LogP contribution in [0.2, 0.25) is 0 Å². The van der Waals surface area contributed by atoms with Crippen LogP contribution >= 0.6 is 7.82 Å². The molecule has 8 heavy (non-hydrogen) atoms. The van der Waals surface area contributed by atoms with E-state index in [1.807, 2.05) is 0 Å². The molecule has 0 rings (SSSR count). The summed E-state index contributed by atoms with van der Waals surface area (Å²) in [5.74, 6) is 0. The maximum Gasteiger partial charge on any atom is 2.00 e. The topological polar surface area (TPSA) is 86.2 Å². The van der Waals surface area contributed by atoms with E-state index in [9.17, 15) is 0 Å². The molecular weight excluding hydrogens is 273 g/mol. The molecule has 45 valence electrons. The van der Waals surface area contributed by atoms with Crippen molar-refractivity contribution in [2.45, 2.75) is 0 Å². The number of hydrogen-bond acceptors (Lipinski definition) is 4. The van der Waals surface area contributed by atoms with Crippen molar-refractivity contribution in [3.63, 3.8) is 0 Å². The van der Waals surface area contributed by atoms with Crippen molar-refractivity contribution >= 4 is 7.82 Å². The van der Waals surface area contributed by atoms with Gasteiger partial charge in [-0.2, -0.15) is 7.82 Å². The minimum Gasteiger partial charge on any atom is -0.822 e. The Balaban J connectivity index is -0.0000000267. The van der Waals surface area contributed by atoms with Crippen LogP contribution in [0.15, 0.2) is 0 Å². The zero-order valence-electron chi connectivity index (χ0n) is 3.88. The predicted octanol–water partition coefficient (Wildman–Crippen LogP) is -5.83. The fourth-order valence-corrected chi connectivity index (χ4v) is 0. The molecule has 8 heteroatoms. The first-order valence-electron chi connectivity index (χ1n) is 0.730. The third-order valence-electron chi connectivity index (χ3n) is 0. The second kappa shape index (κ2) is 9.51. The molecule has 0 aromatic carbocycles. The molecule has 0 fully saturated rings. The molecule has 0 N–H and O–H groups in total. The van der Waals surface area contributed by atoms with Gasteiger partial charge in [0, 0.05) is 26.2 Å². The summed E-state index contributed by atoms with van der Waals surface area (Å²) < 4.78 is 8.55. The first-order valence-corrected chi connectivity index (χ1v) is 2.19. The van der Waals surface area contributed by atoms with Crippen molar-refractivity contribution in [1.82, 2.24) is 0 Å². The Labute approximate surface area is 98.6 Å². The third kappa shape index (κ3) is 76.1. The maximum absolute atomic E-state index is 8.55. The van der Waals surface area contributed by atoms with E-state index in [0.717, 1.165) is 0 Å². The summed E-state index contributed by atoms with van der Waals surface area (Å²) in [5, 5.41) is 0. The van der Waals surface area contributed by atoms with Gasteiger partial charge in [-0.15, -0.1) is 0 Å². The van der Waals surface area contributed by atoms with Gasteiger partial charge in [-0.25, -0.2) is 0 Å². The summed E-state index contributed by atoms with van der Waals surface area (Å²) in [6.07, 6.45) is 0. The molecule has 0 atom stereocenters. The van der Waals surface area contributed by atoms with Gasteiger partial charge >= 0.3 is 46.6 Å². The molecule has 0 aliphatic carbocycles. The Bertz CT molecular complexity index is 62.2. The average molecular weight is 273 g/mol. The summed E-state index contributed by atoms with van der Waals surface area (Å²) in [6.45, 7) is 0. The standard InChI is InChI=1S/Cu.Na.H3O4P.Zr/c;;1-5(2,3)4;/h;;(H3,1,2,3,4);/q+2;+1;;/p-3. The molecule has 0 bridgehead atoms. The van der Waals surface area contributed by atoms with Crippen LogP contribution in [0.3, 0.4) is 0 Å². The monoisotopic (exact) mass is 271 g/mol. The fourth-order valence-electron chi connectivity index (χ4n) is 0. The Kier molecular flexibility index (Phi) is 26.7. The summed E-state index contributed by atoms with van der Waals surface area (Å²) >= 11 is 0. The normalized spacial score (nSPS) is 7.38. The van der Waals surface area contributed by atoms with E-state index in [-0.39, 0.29) is 72.8 Å². The molecule has 0 unspecified atom stereocenters. The van der Waals surface area contributed by atoms with E-state index in [4.69, 9.17) is 19.2 Å². The predicted molar refractivity (Wildman–Crippen MR) is 7.61 cm³/mol. The Morgan fingerprint density at radius 3 is 1.12 bits per heavy atom. The molecule has 1 radical (unpaired) electrons. The SMILES string of the molecule is O=P([O-])([O-])[O-].[Cu+2].[Na+].[Zr]. The van der Waals surface area contributed by atoms with Crippen LogP contribution in [0.25, 0.3) is 0 Å². The summed E-state index contributed by atoms with van der Waals surface area (Å²) in [6, 6.07) is 0. The summed E-state index contributed by atoms with van der Waals surface area (Å²) in [7, 11) is -5.39. The summed E-state index contributed by atoms with van der Waals surface area (Å²) in [5.41, 5.74) is 0. The van der Waals surface area contributed by atoms with Crippen molar-refractivity contribution in [1.29, 1.82) is 0 Å². The molecule has 0 saturated heterocycles. The second-order valence-corrected chi connectivity index (χ2v) is 1.34. The van der Waals surface area contributed by atoms with Crippen LogP contribution in [0.1, 0.15) is 0 Å². The first-order chi connectivity index (χ1) is 2.00. The van der Waals surface area contributed by atoms with Gasteiger partial charge in [-0.3, -0.25) is 0 Å². The number of hydrogen-bond donors (Lipinski definition) is 0. The molecule has 0 aliphatic heterocycles. The molecule has 0 aliphatic rings. The molecule has 0 aromatic heterocycles. The molecule has 0 aromatic rings. The largest absolute Gasteiger partial charge is 2.00 e. The minimum atomic E-state index is -5.39. The van der Waals surface area contributed by atoms with E-state index < -0.39 is 7.82 Å². The van der Waals surface area contributed by atoms with Crippen molar-refractivity contribution in [3.05, 3.63) is 0 Å². The van der Waals surface area contributed by atoms with E-state index in [2.05, 4.69) is 0 Å². The van der Waals surface area contributed by atoms with E-state index in [0.29, 0.717) is 0 Å².